The Morgan fingerprint density at radius 3 is 2.24 bits per heavy atom. The largest absolute Gasteiger partial charge is 0.439 e. The molecule has 0 aliphatic carbocycles. The highest BCUT2D eigenvalue weighted by Gasteiger charge is 2.18. The second kappa shape index (κ2) is 7.96. The van der Waals surface area contributed by atoms with Gasteiger partial charge in [-0.1, -0.05) is 18.2 Å². The van der Waals surface area contributed by atoms with Crippen LogP contribution in [0.2, 0.25) is 0 Å². The Kier molecular flexibility index (Phi) is 5.26. The summed E-state index contributed by atoms with van der Waals surface area (Å²) in [7, 11) is 0. The lowest BCUT2D eigenvalue weighted by atomic mass is 10.2. The van der Waals surface area contributed by atoms with Crippen LogP contribution in [0.25, 0.3) is 12.2 Å². The first-order valence-corrected chi connectivity index (χ1v) is 7.91. The van der Waals surface area contributed by atoms with Crippen LogP contribution in [0.1, 0.15) is 11.3 Å². The molecule has 29 heavy (non-hydrogen) atoms. The van der Waals surface area contributed by atoms with Crippen LogP contribution in [0.4, 0.5) is 11.4 Å². The van der Waals surface area contributed by atoms with Gasteiger partial charge in [0.2, 0.25) is 5.88 Å². The molecular formula is C17H11N5O7. The number of benzene rings is 1. The third-order valence-corrected chi connectivity index (χ3v) is 3.60. The summed E-state index contributed by atoms with van der Waals surface area (Å²) >= 11 is 0. The number of nitrogens with zero attached hydrogens (tertiary/aromatic N) is 3. The van der Waals surface area contributed by atoms with E-state index in [2.05, 4.69) is 9.97 Å². The summed E-state index contributed by atoms with van der Waals surface area (Å²) in [5.74, 6) is 0.564. The number of nitro groups is 2. The van der Waals surface area contributed by atoms with Crippen molar-refractivity contribution in [2.75, 3.05) is 0 Å². The molecule has 0 spiro atoms. The Bertz CT molecular complexity index is 1210. The van der Waals surface area contributed by atoms with E-state index >= 15 is 0 Å². The summed E-state index contributed by atoms with van der Waals surface area (Å²) in [6.07, 6.45) is 3.77. The summed E-state index contributed by atoms with van der Waals surface area (Å²) < 4.78 is 5.47. The fourth-order valence-corrected chi connectivity index (χ4v) is 2.29. The third kappa shape index (κ3) is 4.57. The number of aromatic nitrogens is 3. The molecular weight excluding hydrogens is 386 g/mol. The Hall–Kier alpha value is -4.61. The van der Waals surface area contributed by atoms with Crippen molar-refractivity contribution >= 4 is 23.5 Å². The van der Waals surface area contributed by atoms with Gasteiger partial charge in [0.25, 0.3) is 5.69 Å². The van der Waals surface area contributed by atoms with Gasteiger partial charge in [0, 0.05) is 12.1 Å². The van der Waals surface area contributed by atoms with Crippen LogP contribution >= 0.6 is 0 Å². The van der Waals surface area contributed by atoms with Crippen molar-refractivity contribution in [3.63, 3.8) is 0 Å². The van der Waals surface area contributed by atoms with Gasteiger partial charge in [-0.2, -0.15) is 0 Å². The average molecular weight is 397 g/mol. The number of hydrogen-bond donors (Lipinski definition) is 2. The van der Waals surface area contributed by atoms with E-state index in [9.17, 15) is 29.8 Å². The molecule has 3 rings (SSSR count). The number of ether oxygens (including phenoxy) is 1. The molecule has 0 saturated carbocycles. The van der Waals surface area contributed by atoms with Gasteiger partial charge in [0.1, 0.15) is 17.6 Å². The molecule has 0 fully saturated rings. The standard InChI is InChI=1S/C17H11N5O7/c23-16-15(22(27)28)13(19-17(24)20-16)7-3-10-1-5-12(6-2-10)29-14-8-4-11(9-18-14)21(25)26/h1-9H,(H2,19,20,23,24)/b7-3+. The molecule has 146 valence electrons. The second-order valence-electron chi connectivity index (χ2n) is 5.54. The van der Waals surface area contributed by atoms with E-state index < -0.39 is 26.8 Å². The number of nitrogens with one attached hydrogen (secondary N) is 2. The molecule has 0 aliphatic heterocycles. The van der Waals surface area contributed by atoms with Gasteiger partial charge in [0.05, 0.1) is 9.85 Å². The molecule has 1 aromatic carbocycles. The Morgan fingerprint density at radius 1 is 0.931 bits per heavy atom. The van der Waals surface area contributed by atoms with Gasteiger partial charge in [-0.3, -0.25) is 30.0 Å². The molecule has 2 N–H and O–H groups in total. The van der Waals surface area contributed by atoms with Crippen LogP contribution in [0.3, 0.4) is 0 Å². The molecule has 2 aromatic heterocycles. The van der Waals surface area contributed by atoms with Crippen LogP contribution < -0.4 is 16.0 Å². The van der Waals surface area contributed by atoms with Crippen LogP contribution in [0, 0.1) is 20.2 Å². The van der Waals surface area contributed by atoms with E-state index in [1.165, 1.54) is 24.3 Å². The summed E-state index contributed by atoms with van der Waals surface area (Å²) in [6, 6.07) is 9.02. The van der Waals surface area contributed by atoms with Gasteiger partial charge in [-0.05, 0) is 23.8 Å². The van der Waals surface area contributed by atoms with E-state index in [4.69, 9.17) is 4.74 Å². The number of rotatable bonds is 6. The number of aromatic amines is 2. The molecule has 0 amide bonds. The van der Waals surface area contributed by atoms with E-state index in [-0.39, 0.29) is 17.3 Å². The molecule has 0 radical (unpaired) electrons. The minimum atomic E-state index is -1.10. The van der Waals surface area contributed by atoms with Crippen LogP contribution in [-0.4, -0.2) is 24.8 Å². The van der Waals surface area contributed by atoms with Crippen molar-refractivity contribution in [3.05, 3.63) is 94.9 Å². The summed E-state index contributed by atoms with van der Waals surface area (Å²) in [6.45, 7) is 0. The molecule has 0 unspecified atom stereocenters. The molecule has 0 aliphatic rings. The molecule has 2 heterocycles. The Balaban J connectivity index is 1.77. The minimum absolute atomic E-state index is 0.162. The maximum atomic E-state index is 11.6. The molecule has 0 bridgehead atoms. The SMILES string of the molecule is O=c1[nH]c(/C=C/c2ccc(Oc3ccc([N+](=O)[O-])cn3)cc2)c([N+](=O)[O-])c(=O)[nH]1. The second-order valence-corrected chi connectivity index (χ2v) is 5.54. The van der Waals surface area contributed by atoms with E-state index in [1.54, 1.807) is 29.2 Å². The number of hydrogen-bond acceptors (Lipinski definition) is 8. The van der Waals surface area contributed by atoms with Crippen molar-refractivity contribution in [1.29, 1.82) is 0 Å². The highest BCUT2D eigenvalue weighted by atomic mass is 16.6. The topological polar surface area (TPSA) is 174 Å². The average Bonchev–Trinajstić information content (AvgIpc) is 2.67. The Labute approximate surface area is 160 Å². The highest BCUT2D eigenvalue weighted by Crippen LogP contribution is 2.22. The van der Waals surface area contributed by atoms with Gasteiger partial charge >= 0.3 is 16.9 Å². The molecule has 12 nitrogen and oxygen atoms in total. The van der Waals surface area contributed by atoms with Crippen LogP contribution in [0.5, 0.6) is 11.6 Å². The molecule has 0 saturated heterocycles. The Morgan fingerprint density at radius 2 is 1.66 bits per heavy atom. The van der Waals surface area contributed by atoms with E-state index in [0.717, 1.165) is 6.20 Å². The van der Waals surface area contributed by atoms with Gasteiger partial charge in [0.15, 0.2) is 0 Å². The van der Waals surface area contributed by atoms with Gasteiger partial charge in [-0.25, -0.2) is 9.78 Å². The first-order chi connectivity index (χ1) is 13.8. The predicted molar refractivity (Wildman–Crippen MR) is 101 cm³/mol. The van der Waals surface area contributed by atoms with Gasteiger partial charge < -0.3 is 9.72 Å². The highest BCUT2D eigenvalue weighted by molar-refractivity contribution is 5.71. The van der Waals surface area contributed by atoms with Gasteiger partial charge in [-0.15, -0.1) is 0 Å². The zero-order valence-electron chi connectivity index (χ0n) is 14.4. The quantitative estimate of drug-likeness (QED) is 0.470. The van der Waals surface area contributed by atoms with Crippen LogP contribution in [0.15, 0.2) is 52.2 Å². The normalized spacial score (nSPS) is 10.8. The fourth-order valence-electron chi connectivity index (χ4n) is 2.29. The maximum Gasteiger partial charge on any atom is 0.357 e. The third-order valence-electron chi connectivity index (χ3n) is 3.60. The van der Waals surface area contributed by atoms with E-state index in [1.807, 2.05) is 0 Å². The van der Waals surface area contributed by atoms with E-state index in [0.29, 0.717) is 11.3 Å². The van der Waals surface area contributed by atoms with Crippen molar-refractivity contribution in [3.8, 4) is 11.6 Å². The van der Waals surface area contributed by atoms with Crippen molar-refractivity contribution in [2.45, 2.75) is 0 Å². The lowest BCUT2D eigenvalue weighted by Crippen LogP contribution is -2.25. The van der Waals surface area contributed by atoms with Crippen molar-refractivity contribution < 1.29 is 14.6 Å². The lowest BCUT2D eigenvalue weighted by Gasteiger charge is -2.04. The lowest BCUT2D eigenvalue weighted by molar-refractivity contribution is -0.386. The first kappa shape index (κ1) is 19.2. The summed E-state index contributed by atoms with van der Waals surface area (Å²) in [4.78, 5) is 50.9. The zero-order chi connectivity index (χ0) is 21.0. The summed E-state index contributed by atoms with van der Waals surface area (Å²) in [5, 5.41) is 21.6. The smallest absolute Gasteiger partial charge is 0.357 e. The monoisotopic (exact) mass is 397 g/mol. The number of pyridine rings is 1. The number of H-pyrrole nitrogens is 2. The molecule has 0 atom stereocenters. The predicted octanol–water partition coefficient (Wildman–Crippen LogP) is 2.24. The minimum Gasteiger partial charge on any atom is -0.439 e. The molecule has 3 aromatic rings. The van der Waals surface area contributed by atoms with Crippen molar-refractivity contribution in [1.82, 2.24) is 15.0 Å². The maximum absolute atomic E-state index is 11.6. The molecule has 12 heteroatoms. The zero-order valence-corrected chi connectivity index (χ0v) is 14.4. The first-order valence-electron chi connectivity index (χ1n) is 7.91. The van der Waals surface area contributed by atoms with Crippen molar-refractivity contribution in [2.24, 2.45) is 0 Å². The summed E-state index contributed by atoms with van der Waals surface area (Å²) in [5.41, 5.74) is -2.53. The fraction of sp³-hybridized carbons (Fsp3) is 0. The van der Waals surface area contributed by atoms with Crippen LogP contribution in [-0.2, 0) is 0 Å².